The largest absolute Gasteiger partial charge is 0.506 e. The van der Waals surface area contributed by atoms with Crippen molar-refractivity contribution in [3.63, 3.8) is 0 Å². The van der Waals surface area contributed by atoms with Crippen molar-refractivity contribution < 1.29 is 14.3 Å². The third kappa shape index (κ3) is 2.65. The van der Waals surface area contributed by atoms with Crippen molar-refractivity contribution in [2.75, 3.05) is 6.61 Å². The van der Waals surface area contributed by atoms with Crippen molar-refractivity contribution in [3.05, 3.63) is 36.4 Å². The maximum absolute atomic E-state index is 10.7. The number of imidazole rings is 1. The van der Waals surface area contributed by atoms with Crippen LogP contribution < -0.4 is 0 Å². The third-order valence-electron chi connectivity index (χ3n) is 5.57. The molecule has 0 saturated carbocycles. The molecule has 1 aliphatic heterocycles. The molecule has 0 radical (unpaired) electrons. The first-order chi connectivity index (χ1) is 13.4. The molecule has 1 unspecified atom stereocenters. The molecule has 1 aromatic carbocycles. The molecular formula is C21H22N4O3. The predicted octanol–water partition coefficient (Wildman–Crippen LogP) is 4.38. The SMILES string of the molecule is Cc1cc2occc2c(O)c1-c1cc2ncn(C3CCOC(C)(C)C3)c2nn1. The smallest absolute Gasteiger partial charge is 0.182 e. The van der Waals surface area contributed by atoms with Crippen LogP contribution in [-0.2, 0) is 4.74 Å². The number of fused-ring (bicyclic) bond motifs is 2. The summed E-state index contributed by atoms with van der Waals surface area (Å²) < 4.78 is 13.3. The Bertz CT molecular complexity index is 1190. The van der Waals surface area contributed by atoms with Gasteiger partial charge in [0.2, 0.25) is 0 Å². The van der Waals surface area contributed by atoms with E-state index in [1.165, 1.54) is 0 Å². The summed E-state index contributed by atoms with van der Waals surface area (Å²) in [5.74, 6) is 0.156. The summed E-state index contributed by atoms with van der Waals surface area (Å²) in [5, 5.41) is 20.3. The van der Waals surface area contributed by atoms with Gasteiger partial charge in [0, 0.05) is 18.2 Å². The maximum atomic E-state index is 10.7. The second kappa shape index (κ2) is 6.04. The van der Waals surface area contributed by atoms with Gasteiger partial charge in [-0.2, -0.15) is 0 Å². The molecule has 1 aliphatic rings. The highest BCUT2D eigenvalue weighted by Gasteiger charge is 2.31. The monoisotopic (exact) mass is 378 g/mol. The Morgan fingerprint density at radius 1 is 1.25 bits per heavy atom. The van der Waals surface area contributed by atoms with Crippen molar-refractivity contribution >= 4 is 22.1 Å². The molecule has 1 N–H and O–H groups in total. The van der Waals surface area contributed by atoms with Crippen LogP contribution in [0.15, 0.2) is 35.2 Å². The molecule has 1 fully saturated rings. The van der Waals surface area contributed by atoms with E-state index in [-0.39, 0.29) is 17.4 Å². The van der Waals surface area contributed by atoms with E-state index in [2.05, 4.69) is 33.6 Å². The van der Waals surface area contributed by atoms with Gasteiger partial charge in [0.15, 0.2) is 5.65 Å². The fraction of sp³-hybridized carbons (Fsp3) is 0.381. The minimum absolute atomic E-state index is 0.156. The number of ether oxygens (including phenoxy) is 1. The van der Waals surface area contributed by atoms with Gasteiger partial charge < -0.3 is 18.8 Å². The number of rotatable bonds is 2. The van der Waals surface area contributed by atoms with E-state index < -0.39 is 0 Å². The molecule has 7 nitrogen and oxygen atoms in total. The first-order valence-corrected chi connectivity index (χ1v) is 9.47. The number of furan rings is 1. The van der Waals surface area contributed by atoms with Crippen molar-refractivity contribution in [2.24, 2.45) is 0 Å². The lowest BCUT2D eigenvalue weighted by Crippen LogP contribution is -2.35. The highest BCUT2D eigenvalue weighted by molar-refractivity contribution is 5.93. The molecule has 5 rings (SSSR count). The predicted molar refractivity (Wildman–Crippen MR) is 105 cm³/mol. The van der Waals surface area contributed by atoms with Gasteiger partial charge in [-0.3, -0.25) is 0 Å². The fourth-order valence-electron chi connectivity index (χ4n) is 4.20. The normalized spacial score (nSPS) is 19.5. The molecule has 7 heteroatoms. The number of aryl methyl sites for hydroxylation is 1. The van der Waals surface area contributed by atoms with Gasteiger partial charge in [0.1, 0.15) is 16.8 Å². The highest BCUT2D eigenvalue weighted by atomic mass is 16.5. The average Bonchev–Trinajstić information content (AvgIpc) is 3.27. The molecule has 4 heterocycles. The zero-order valence-corrected chi connectivity index (χ0v) is 16.1. The van der Waals surface area contributed by atoms with E-state index in [1.807, 2.05) is 25.4 Å². The summed E-state index contributed by atoms with van der Waals surface area (Å²) in [5.41, 5.74) is 4.15. The summed E-state index contributed by atoms with van der Waals surface area (Å²) in [7, 11) is 0. The minimum atomic E-state index is -0.157. The average molecular weight is 378 g/mol. The first kappa shape index (κ1) is 17.2. The molecule has 0 amide bonds. The van der Waals surface area contributed by atoms with Gasteiger partial charge in [-0.1, -0.05) is 0 Å². The lowest BCUT2D eigenvalue weighted by molar-refractivity contribution is -0.0686. The molecule has 4 aromatic rings. The number of benzene rings is 1. The van der Waals surface area contributed by atoms with Crippen LogP contribution in [0.5, 0.6) is 5.75 Å². The molecule has 3 aromatic heterocycles. The van der Waals surface area contributed by atoms with Crippen LogP contribution in [0.2, 0.25) is 0 Å². The highest BCUT2D eigenvalue weighted by Crippen LogP contribution is 2.39. The van der Waals surface area contributed by atoms with Crippen molar-refractivity contribution in [1.29, 1.82) is 0 Å². The third-order valence-corrected chi connectivity index (χ3v) is 5.57. The van der Waals surface area contributed by atoms with Crippen LogP contribution in [0.4, 0.5) is 0 Å². The van der Waals surface area contributed by atoms with Crippen LogP contribution in [-0.4, -0.2) is 37.1 Å². The number of phenols is 1. The van der Waals surface area contributed by atoms with Crippen molar-refractivity contribution in [3.8, 4) is 17.0 Å². The van der Waals surface area contributed by atoms with Gasteiger partial charge in [-0.15, -0.1) is 10.2 Å². The van der Waals surface area contributed by atoms with Gasteiger partial charge >= 0.3 is 0 Å². The number of aromatic nitrogens is 4. The quantitative estimate of drug-likeness (QED) is 0.557. The zero-order chi connectivity index (χ0) is 19.5. The van der Waals surface area contributed by atoms with E-state index in [1.54, 1.807) is 12.3 Å². The fourth-order valence-corrected chi connectivity index (χ4v) is 4.20. The van der Waals surface area contributed by atoms with E-state index >= 15 is 0 Å². The Balaban J connectivity index is 1.59. The topological polar surface area (TPSA) is 86.2 Å². The summed E-state index contributed by atoms with van der Waals surface area (Å²) in [6, 6.07) is 5.82. The number of aromatic hydroxyl groups is 1. The Labute approximate surface area is 162 Å². The van der Waals surface area contributed by atoms with Crippen LogP contribution in [0.1, 0.15) is 38.3 Å². The molecule has 144 valence electrons. The molecule has 1 atom stereocenters. The van der Waals surface area contributed by atoms with Crippen LogP contribution in [0, 0.1) is 6.92 Å². The second-order valence-corrected chi connectivity index (χ2v) is 8.09. The van der Waals surface area contributed by atoms with Gasteiger partial charge in [0.25, 0.3) is 0 Å². The van der Waals surface area contributed by atoms with E-state index in [9.17, 15) is 5.11 Å². The van der Waals surface area contributed by atoms with Crippen LogP contribution in [0.3, 0.4) is 0 Å². The summed E-state index contributed by atoms with van der Waals surface area (Å²) in [6.07, 6.45) is 5.23. The molecular weight excluding hydrogens is 356 g/mol. The summed E-state index contributed by atoms with van der Waals surface area (Å²) in [6.45, 7) is 6.87. The van der Waals surface area contributed by atoms with Crippen LogP contribution in [0.25, 0.3) is 33.4 Å². The standard InChI is InChI=1S/C21H22N4O3/c1-12-8-17-14(5-6-27-17)19(26)18(12)15-9-16-20(24-23-15)25(11-22-16)13-4-7-28-21(2,3)10-13/h5-6,8-9,11,13,26H,4,7,10H2,1-3H3. The van der Waals surface area contributed by atoms with E-state index in [0.29, 0.717) is 22.2 Å². The summed E-state index contributed by atoms with van der Waals surface area (Å²) >= 11 is 0. The van der Waals surface area contributed by atoms with E-state index in [4.69, 9.17) is 9.15 Å². The van der Waals surface area contributed by atoms with Gasteiger partial charge in [0.05, 0.1) is 29.3 Å². The Hall–Kier alpha value is -2.93. The molecule has 0 aliphatic carbocycles. The minimum Gasteiger partial charge on any atom is -0.506 e. The number of hydrogen-bond donors (Lipinski definition) is 1. The number of phenolic OH excluding ortho intramolecular Hbond substituents is 1. The maximum Gasteiger partial charge on any atom is 0.182 e. The number of nitrogens with zero attached hydrogens (tertiary/aromatic N) is 4. The number of hydrogen-bond acceptors (Lipinski definition) is 6. The van der Waals surface area contributed by atoms with Crippen molar-refractivity contribution in [2.45, 2.75) is 45.3 Å². The lowest BCUT2D eigenvalue weighted by Gasteiger charge is -2.36. The Kier molecular flexibility index (Phi) is 3.71. The zero-order valence-electron chi connectivity index (χ0n) is 16.1. The molecule has 0 spiro atoms. The Morgan fingerprint density at radius 3 is 2.93 bits per heavy atom. The van der Waals surface area contributed by atoms with Gasteiger partial charge in [-0.05, 0) is 57.4 Å². The van der Waals surface area contributed by atoms with Gasteiger partial charge in [-0.25, -0.2) is 4.98 Å². The molecule has 28 heavy (non-hydrogen) atoms. The first-order valence-electron chi connectivity index (χ1n) is 9.47. The molecule has 0 bridgehead atoms. The van der Waals surface area contributed by atoms with Crippen LogP contribution >= 0.6 is 0 Å². The van der Waals surface area contributed by atoms with E-state index in [0.717, 1.165) is 36.2 Å². The lowest BCUT2D eigenvalue weighted by atomic mass is 9.94. The molecule has 1 saturated heterocycles. The van der Waals surface area contributed by atoms with Crippen molar-refractivity contribution in [1.82, 2.24) is 19.7 Å². The summed E-state index contributed by atoms with van der Waals surface area (Å²) in [4.78, 5) is 4.56. The Morgan fingerprint density at radius 2 is 2.11 bits per heavy atom. The second-order valence-electron chi connectivity index (χ2n) is 8.09.